The molecule has 3 heteroatoms. The summed E-state index contributed by atoms with van der Waals surface area (Å²) in [6.45, 7) is 7.59. The second-order valence-electron chi connectivity index (χ2n) is 3.70. The number of aromatic nitrogens is 1. The first kappa shape index (κ1) is 10.5. The van der Waals surface area contributed by atoms with Crippen molar-refractivity contribution in [3.8, 4) is 0 Å². The number of rotatable bonds is 2. The van der Waals surface area contributed by atoms with Gasteiger partial charge in [0.1, 0.15) is 7.14 Å². The third-order valence-electron chi connectivity index (χ3n) is 1.92. The molecule has 0 saturated carbocycles. The maximum atomic E-state index is 11.8. The molecule has 0 radical (unpaired) electrons. The van der Waals surface area contributed by atoms with Crippen molar-refractivity contribution in [3.63, 3.8) is 0 Å². The van der Waals surface area contributed by atoms with Gasteiger partial charge in [0.05, 0.1) is 5.44 Å². The fourth-order valence-electron chi connectivity index (χ4n) is 1.18. The molecule has 0 fully saturated rings. The Hall–Kier alpha value is -0.620. The van der Waals surface area contributed by atoms with E-state index in [1.165, 1.54) is 0 Å². The summed E-state index contributed by atoms with van der Waals surface area (Å²) in [6, 6.07) is 3.96. The van der Waals surface area contributed by atoms with E-state index in [-0.39, 0.29) is 0 Å². The minimum absolute atomic E-state index is 0.754. The standard InChI is InChI=1S/C10H16NOP/c1-5-9-6-8(2)7-10(11-9)13(3,4)12/h6-7H,5H2,1-4H3. The highest BCUT2D eigenvalue weighted by atomic mass is 31.2. The summed E-state index contributed by atoms with van der Waals surface area (Å²) in [5.41, 5.74) is 2.93. The average Bonchev–Trinajstić information content (AvgIpc) is 2.01. The van der Waals surface area contributed by atoms with Crippen molar-refractivity contribution in [2.45, 2.75) is 20.3 Å². The fraction of sp³-hybridized carbons (Fsp3) is 0.500. The molecule has 72 valence electrons. The van der Waals surface area contributed by atoms with Crippen LogP contribution in [0.1, 0.15) is 18.2 Å². The summed E-state index contributed by atoms with van der Waals surface area (Å²) >= 11 is 0. The van der Waals surface area contributed by atoms with E-state index in [0.717, 1.165) is 23.1 Å². The maximum absolute atomic E-state index is 11.8. The topological polar surface area (TPSA) is 30.0 Å². The molecule has 0 N–H and O–H groups in total. The van der Waals surface area contributed by atoms with Gasteiger partial charge < -0.3 is 4.57 Å². The van der Waals surface area contributed by atoms with Gasteiger partial charge in [0.25, 0.3) is 0 Å². The van der Waals surface area contributed by atoms with Gasteiger partial charge in [-0.05, 0) is 44.4 Å². The number of pyridine rings is 1. The van der Waals surface area contributed by atoms with Crippen LogP contribution in [0, 0.1) is 6.92 Å². The molecular formula is C10H16NOP. The van der Waals surface area contributed by atoms with Crippen LogP contribution in [-0.4, -0.2) is 18.3 Å². The summed E-state index contributed by atoms with van der Waals surface area (Å²) in [5.74, 6) is 0. The van der Waals surface area contributed by atoms with Crippen LogP contribution in [0.15, 0.2) is 12.1 Å². The van der Waals surface area contributed by atoms with Gasteiger partial charge in [-0.25, -0.2) is 4.98 Å². The molecular weight excluding hydrogens is 181 g/mol. The highest BCUT2D eigenvalue weighted by molar-refractivity contribution is 7.69. The quantitative estimate of drug-likeness (QED) is 0.680. The first-order valence-electron chi connectivity index (χ1n) is 4.46. The van der Waals surface area contributed by atoms with Crippen molar-refractivity contribution in [1.82, 2.24) is 4.98 Å². The summed E-state index contributed by atoms with van der Waals surface area (Å²) in [5, 5.41) is 0. The highest BCUT2D eigenvalue weighted by Crippen LogP contribution is 2.33. The Bertz CT molecular complexity index is 354. The molecule has 1 rings (SSSR count). The van der Waals surface area contributed by atoms with Crippen LogP contribution < -0.4 is 5.44 Å². The van der Waals surface area contributed by atoms with Crippen molar-refractivity contribution in [2.75, 3.05) is 13.3 Å². The monoisotopic (exact) mass is 197 g/mol. The lowest BCUT2D eigenvalue weighted by Gasteiger charge is -2.08. The third kappa shape index (κ3) is 2.67. The normalized spacial score (nSPS) is 11.7. The molecule has 0 aliphatic heterocycles. The van der Waals surface area contributed by atoms with Crippen molar-refractivity contribution < 1.29 is 4.57 Å². The second-order valence-corrected chi connectivity index (χ2v) is 6.86. The zero-order chi connectivity index (χ0) is 10.1. The van der Waals surface area contributed by atoms with Gasteiger partial charge in [-0.1, -0.05) is 6.92 Å². The molecule has 0 aliphatic carbocycles. The minimum atomic E-state index is -2.20. The van der Waals surface area contributed by atoms with Gasteiger partial charge in [-0.3, -0.25) is 0 Å². The molecule has 1 aromatic heterocycles. The van der Waals surface area contributed by atoms with E-state index in [1.54, 1.807) is 13.3 Å². The molecule has 0 aromatic carbocycles. The van der Waals surface area contributed by atoms with E-state index < -0.39 is 7.14 Å². The van der Waals surface area contributed by atoms with Crippen molar-refractivity contribution in [3.05, 3.63) is 23.4 Å². The van der Waals surface area contributed by atoms with Crippen LogP contribution in [0.3, 0.4) is 0 Å². The highest BCUT2D eigenvalue weighted by Gasteiger charge is 2.13. The first-order valence-corrected chi connectivity index (χ1v) is 7.06. The van der Waals surface area contributed by atoms with E-state index in [1.807, 2.05) is 19.1 Å². The van der Waals surface area contributed by atoms with Gasteiger partial charge in [-0.2, -0.15) is 0 Å². The molecule has 13 heavy (non-hydrogen) atoms. The summed E-state index contributed by atoms with van der Waals surface area (Å²) in [7, 11) is -2.20. The van der Waals surface area contributed by atoms with E-state index >= 15 is 0 Å². The zero-order valence-electron chi connectivity index (χ0n) is 8.66. The molecule has 0 bridgehead atoms. The smallest absolute Gasteiger partial charge is 0.127 e. The molecule has 2 nitrogen and oxygen atoms in total. The molecule has 0 unspecified atom stereocenters. The molecule has 1 heterocycles. The van der Waals surface area contributed by atoms with Crippen LogP contribution >= 0.6 is 7.14 Å². The van der Waals surface area contributed by atoms with E-state index in [4.69, 9.17) is 0 Å². The van der Waals surface area contributed by atoms with E-state index in [9.17, 15) is 4.57 Å². The molecule has 0 amide bonds. The van der Waals surface area contributed by atoms with Gasteiger partial charge in [0.2, 0.25) is 0 Å². The van der Waals surface area contributed by atoms with E-state index in [2.05, 4.69) is 11.9 Å². The van der Waals surface area contributed by atoms with Crippen molar-refractivity contribution >= 4 is 12.6 Å². The van der Waals surface area contributed by atoms with Gasteiger partial charge in [0, 0.05) is 5.69 Å². The van der Waals surface area contributed by atoms with Gasteiger partial charge >= 0.3 is 0 Å². The van der Waals surface area contributed by atoms with Crippen molar-refractivity contribution in [1.29, 1.82) is 0 Å². The number of nitrogens with zero attached hydrogens (tertiary/aromatic N) is 1. The van der Waals surface area contributed by atoms with E-state index in [0.29, 0.717) is 0 Å². The number of aryl methyl sites for hydroxylation is 2. The lowest BCUT2D eigenvalue weighted by Crippen LogP contribution is -2.11. The Labute approximate surface area is 79.8 Å². The molecule has 0 aliphatic rings. The lowest BCUT2D eigenvalue weighted by molar-refractivity contribution is 0.587. The molecule has 0 saturated heterocycles. The number of hydrogen-bond acceptors (Lipinski definition) is 2. The van der Waals surface area contributed by atoms with Crippen LogP contribution in [0.5, 0.6) is 0 Å². The van der Waals surface area contributed by atoms with Crippen molar-refractivity contribution in [2.24, 2.45) is 0 Å². The largest absolute Gasteiger partial charge is 0.318 e. The Morgan fingerprint density at radius 2 is 2.00 bits per heavy atom. The number of hydrogen-bond donors (Lipinski definition) is 0. The summed E-state index contributed by atoms with van der Waals surface area (Å²) < 4.78 is 11.8. The van der Waals surface area contributed by atoms with Crippen LogP contribution in [0.4, 0.5) is 0 Å². The Morgan fingerprint density at radius 3 is 2.46 bits per heavy atom. The van der Waals surface area contributed by atoms with Crippen LogP contribution in [0.25, 0.3) is 0 Å². The Morgan fingerprint density at radius 1 is 1.38 bits per heavy atom. The summed E-state index contributed by atoms with van der Waals surface area (Å²) in [6.07, 6.45) is 0.898. The predicted octanol–water partition coefficient (Wildman–Crippen LogP) is 2.20. The molecule has 0 spiro atoms. The van der Waals surface area contributed by atoms with Crippen LogP contribution in [0.2, 0.25) is 0 Å². The average molecular weight is 197 g/mol. The zero-order valence-corrected chi connectivity index (χ0v) is 9.56. The minimum Gasteiger partial charge on any atom is -0.318 e. The molecule has 1 aromatic rings. The Kier molecular flexibility index (Phi) is 2.92. The van der Waals surface area contributed by atoms with Gasteiger partial charge in [-0.15, -0.1) is 0 Å². The Balaban J connectivity index is 3.24. The SMILES string of the molecule is CCc1cc(C)cc(P(C)(C)=O)n1. The summed E-state index contributed by atoms with van der Waals surface area (Å²) in [4.78, 5) is 4.36. The van der Waals surface area contributed by atoms with Crippen LogP contribution in [-0.2, 0) is 11.0 Å². The predicted molar refractivity (Wildman–Crippen MR) is 57.4 cm³/mol. The molecule has 0 atom stereocenters. The maximum Gasteiger partial charge on any atom is 0.127 e. The lowest BCUT2D eigenvalue weighted by atomic mass is 10.2. The van der Waals surface area contributed by atoms with Gasteiger partial charge in [0.15, 0.2) is 0 Å². The fourth-order valence-corrected chi connectivity index (χ4v) is 2.06. The third-order valence-corrected chi connectivity index (χ3v) is 3.26. The first-order chi connectivity index (χ1) is 5.93. The second kappa shape index (κ2) is 3.63.